The van der Waals surface area contributed by atoms with Gasteiger partial charge in [0.15, 0.2) is 0 Å². The van der Waals surface area contributed by atoms with Crippen molar-refractivity contribution >= 4 is 35.9 Å². The molecule has 13 nitrogen and oxygen atoms in total. The Balaban J connectivity index is 3.68. The van der Waals surface area contributed by atoms with Crippen molar-refractivity contribution in [2.45, 2.75) is 147 Å². The minimum atomic E-state index is -1.17. The molecule has 0 aliphatic heterocycles. The fourth-order valence-electron chi connectivity index (χ4n) is 5.10. The smallest absolute Gasteiger partial charge is 0.326 e. The largest absolute Gasteiger partial charge is 0.481 e. The summed E-state index contributed by atoms with van der Waals surface area (Å²) in [5.74, 6) is -2.70. The number of aliphatic carboxylic acids is 2. The summed E-state index contributed by atoms with van der Waals surface area (Å²) in [4.78, 5) is 68.4. The number of ether oxygens (including phenoxy) is 2. The summed E-state index contributed by atoms with van der Waals surface area (Å²) in [5, 5.41) is 26.0. The SMILES string of the molecule is O=CCOCCOCCNC(=O)CCCNC(=O)CC[C@H](NC(=O)CCCCCCCCCCCCCCCCCCC(=O)O)C(=O)O. The summed E-state index contributed by atoms with van der Waals surface area (Å²) in [5.41, 5.74) is 0. The number of carboxylic acid groups (broad SMARTS) is 2. The van der Waals surface area contributed by atoms with Gasteiger partial charge in [0.05, 0.1) is 19.8 Å². The molecule has 0 aliphatic carbocycles. The third-order valence-corrected chi connectivity index (χ3v) is 7.87. The number of carbonyl (C=O) groups excluding carboxylic acids is 4. The fraction of sp³-hybridized carbons (Fsp3) is 0.829. The molecule has 3 amide bonds. The monoisotopic (exact) mass is 685 g/mol. The van der Waals surface area contributed by atoms with E-state index in [2.05, 4.69) is 16.0 Å². The molecular formula is C35H63N3O10. The van der Waals surface area contributed by atoms with Crippen LogP contribution in [0.1, 0.15) is 141 Å². The first kappa shape index (κ1) is 44.9. The van der Waals surface area contributed by atoms with E-state index in [1.165, 1.54) is 57.8 Å². The molecule has 1 atom stereocenters. The van der Waals surface area contributed by atoms with E-state index >= 15 is 0 Å². The van der Waals surface area contributed by atoms with Gasteiger partial charge in [0.2, 0.25) is 17.7 Å². The lowest BCUT2D eigenvalue weighted by atomic mass is 10.0. The highest BCUT2D eigenvalue weighted by atomic mass is 16.5. The predicted molar refractivity (Wildman–Crippen MR) is 182 cm³/mol. The maximum Gasteiger partial charge on any atom is 0.326 e. The van der Waals surface area contributed by atoms with Gasteiger partial charge < -0.3 is 40.4 Å². The number of amides is 3. The van der Waals surface area contributed by atoms with Crippen LogP contribution in [-0.2, 0) is 38.2 Å². The molecule has 5 N–H and O–H groups in total. The van der Waals surface area contributed by atoms with Crippen molar-refractivity contribution in [1.82, 2.24) is 16.0 Å². The lowest BCUT2D eigenvalue weighted by Gasteiger charge is -2.14. The summed E-state index contributed by atoms with van der Waals surface area (Å²) in [6, 6.07) is -1.12. The quantitative estimate of drug-likeness (QED) is 0.0456. The van der Waals surface area contributed by atoms with Crippen LogP contribution >= 0.6 is 0 Å². The van der Waals surface area contributed by atoms with Gasteiger partial charge in [-0.1, -0.05) is 89.9 Å². The Morgan fingerprint density at radius 3 is 1.50 bits per heavy atom. The summed E-state index contributed by atoms with van der Waals surface area (Å²) >= 11 is 0. The minimum Gasteiger partial charge on any atom is -0.481 e. The van der Waals surface area contributed by atoms with Crippen molar-refractivity contribution in [2.24, 2.45) is 0 Å². The first-order valence-corrected chi connectivity index (χ1v) is 18.1. The van der Waals surface area contributed by atoms with Crippen molar-refractivity contribution in [3.63, 3.8) is 0 Å². The number of aldehydes is 1. The molecule has 13 heteroatoms. The normalized spacial score (nSPS) is 11.5. The van der Waals surface area contributed by atoms with Crippen LogP contribution in [0.3, 0.4) is 0 Å². The van der Waals surface area contributed by atoms with E-state index in [1.807, 2.05) is 0 Å². The van der Waals surface area contributed by atoms with Crippen molar-refractivity contribution < 1.29 is 48.5 Å². The maximum atomic E-state index is 12.3. The van der Waals surface area contributed by atoms with E-state index in [1.54, 1.807) is 0 Å². The molecule has 0 aliphatic rings. The first-order valence-electron chi connectivity index (χ1n) is 18.1. The van der Waals surface area contributed by atoms with E-state index < -0.39 is 18.0 Å². The van der Waals surface area contributed by atoms with Crippen LogP contribution in [0, 0.1) is 0 Å². The summed E-state index contributed by atoms with van der Waals surface area (Å²) in [6.07, 6.45) is 19.8. The van der Waals surface area contributed by atoms with E-state index in [9.17, 15) is 33.9 Å². The topological polar surface area (TPSA) is 197 Å². The zero-order valence-electron chi connectivity index (χ0n) is 29.1. The molecule has 0 saturated carbocycles. The number of rotatable bonds is 36. The third-order valence-electron chi connectivity index (χ3n) is 7.87. The molecule has 0 aromatic carbocycles. The van der Waals surface area contributed by atoms with Gasteiger partial charge in [-0.05, 0) is 25.7 Å². The fourth-order valence-corrected chi connectivity index (χ4v) is 5.10. The second-order valence-electron chi connectivity index (χ2n) is 12.2. The van der Waals surface area contributed by atoms with E-state index in [4.69, 9.17) is 14.6 Å². The summed E-state index contributed by atoms with van der Waals surface area (Å²) in [7, 11) is 0. The van der Waals surface area contributed by atoms with Crippen LogP contribution in [0.25, 0.3) is 0 Å². The number of unbranched alkanes of at least 4 members (excludes halogenated alkanes) is 15. The van der Waals surface area contributed by atoms with Gasteiger partial charge in [0, 0.05) is 38.8 Å². The van der Waals surface area contributed by atoms with Gasteiger partial charge in [0.1, 0.15) is 18.9 Å². The molecule has 0 fully saturated rings. The Labute approximate surface area is 287 Å². The molecule has 48 heavy (non-hydrogen) atoms. The average molecular weight is 686 g/mol. The summed E-state index contributed by atoms with van der Waals surface area (Å²) < 4.78 is 10.2. The molecule has 0 heterocycles. The van der Waals surface area contributed by atoms with Crippen molar-refractivity contribution in [3.05, 3.63) is 0 Å². The van der Waals surface area contributed by atoms with Crippen LogP contribution < -0.4 is 16.0 Å². The predicted octanol–water partition coefficient (Wildman–Crippen LogP) is 4.69. The molecule has 0 rings (SSSR count). The zero-order chi connectivity index (χ0) is 35.5. The lowest BCUT2D eigenvalue weighted by molar-refractivity contribution is -0.142. The van der Waals surface area contributed by atoms with E-state index in [0.29, 0.717) is 45.5 Å². The molecule has 0 radical (unpaired) electrons. The van der Waals surface area contributed by atoms with Crippen molar-refractivity contribution in [2.75, 3.05) is 39.5 Å². The highest BCUT2D eigenvalue weighted by Crippen LogP contribution is 2.14. The van der Waals surface area contributed by atoms with Crippen molar-refractivity contribution in [1.29, 1.82) is 0 Å². The number of hydrogen-bond donors (Lipinski definition) is 5. The van der Waals surface area contributed by atoms with E-state index in [-0.39, 0.29) is 63.0 Å². The van der Waals surface area contributed by atoms with E-state index in [0.717, 1.165) is 38.5 Å². The minimum absolute atomic E-state index is 0.0102. The third kappa shape index (κ3) is 32.9. The van der Waals surface area contributed by atoms with Gasteiger partial charge in [-0.25, -0.2) is 4.79 Å². The van der Waals surface area contributed by atoms with Crippen LogP contribution in [0.4, 0.5) is 0 Å². The Kier molecular flexibility index (Phi) is 31.7. The Hall–Kier alpha value is -3.06. The maximum absolute atomic E-state index is 12.3. The molecule has 0 aromatic rings. The molecular weight excluding hydrogens is 622 g/mol. The molecule has 0 aromatic heterocycles. The molecule has 0 bridgehead atoms. The number of carbonyl (C=O) groups is 6. The highest BCUT2D eigenvalue weighted by Gasteiger charge is 2.20. The van der Waals surface area contributed by atoms with Crippen LogP contribution in [0.15, 0.2) is 0 Å². The Bertz CT molecular complexity index is 872. The van der Waals surface area contributed by atoms with Gasteiger partial charge in [0.25, 0.3) is 0 Å². The first-order chi connectivity index (χ1) is 23.3. The molecule has 0 spiro atoms. The molecule has 278 valence electrons. The zero-order valence-corrected chi connectivity index (χ0v) is 29.1. The van der Waals surface area contributed by atoms with Gasteiger partial charge in [-0.2, -0.15) is 0 Å². The Morgan fingerprint density at radius 2 is 0.979 bits per heavy atom. The van der Waals surface area contributed by atoms with Crippen LogP contribution in [-0.4, -0.2) is 91.7 Å². The highest BCUT2D eigenvalue weighted by molar-refractivity contribution is 5.84. The average Bonchev–Trinajstić information content (AvgIpc) is 3.05. The lowest BCUT2D eigenvalue weighted by Crippen LogP contribution is -2.41. The number of carboxylic acids is 2. The second-order valence-corrected chi connectivity index (χ2v) is 12.2. The summed E-state index contributed by atoms with van der Waals surface area (Å²) in [6.45, 7) is 1.60. The van der Waals surface area contributed by atoms with Crippen LogP contribution in [0.5, 0.6) is 0 Å². The van der Waals surface area contributed by atoms with Crippen LogP contribution in [0.2, 0.25) is 0 Å². The number of hydrogen-bond acceptors (Lipinski definition) is 8. The number of nitrogens with one attached hydrogen (secondary N) is 3. The van der Waals surface area contributed by atoms with Crippen molar-refractivity contribution in [3.8, 4) is 0 Å². The second kappa shape index (κ2) is 33.8. The Morgan fingerprint density at radius 1 is 0.521 bits per heavy atom. The molecule has 0 saturated heterocycles. The standard InChI is InChI=1S/C35H63N3O10/c39-25-27-48-29-28-47-26-24-37-31(40)19-17-23-36-32(41)22-21-30(35(45)46)38-33(42)18-15-13-11-9-7-5-3-1-2-4-6-8-10-12-14-16-20-34(43)44/h25,30H,1-24,26-29H2,(H,36,41)(H,37,40)(H,38,42)(H,43,44)(H,45,46)/t30-/m0/s1. The molecule has 0 unspecified atom stereocenters. The van der Waals surface area contributed by atoms with Gasteiger partial charge >= 0.3 is 11.9 Å². The van der Waals surface area contributed by atoms with Gasteiger partial charge in [-0.15, -0.1) is 0 Å². The van der Waals surface area contributed by atoms with Gasteiger partial charge in [-0.3, -0.25) is 19.2 Å².